The summed E-state index contributed by atoms with van der Waals surface area (Å²) in [5.74, 6) is 0.452. The normalized spacial score (nSPS) is 19.6. The van der Waals surface area contributed by atoms with Gasteiger partial charge in [-0.2, -0.15) is 0 Å². The van der Waals surface area contributed by atoms with Crippen molar-refractivity contribution in [2.24, 2.45) is 0 Å². The Hall–Kier alpha value is -2.21. The average Bonchev–Trinajstić information content (AvgIpc) is 3.03. The molecule has 0 unspecified atom stereocenters. The van der Waals surface area contributed by atoms with E-state index in [1.54, 1.807) is 4.57 Å². The third-order valence-electron chi connectivity index (χ3n) is 4.43. The summed E-state index contributed by atoms with van der Waals surface area (Å²) >= 11 is 0. The first-order valence-corrected chi connectivity index (χ1v) is 8.07. The zero-order chi connectivity index (χ0) is 16.2. The lowest BCUT2D eigenvalue weighted by Crippen LogP contribution is -2.43. The van der Waals surface area contributed by atoms with Gasteiger partial charge >= 0.3 is 0 Å². The highest BCUT2D eigenvalue weighted by Gasteiger charge is 2.25. The maximum absolute atomic E-state index is 12.6. The number of carbonyl (C=O) groups is 1. The van der Waals surface area contributed by atoms with Crippen molar-refractivity contribution in [3.8, 4) is 0 Å². The number of rotatable bonds is 4. The molecule has 0 spiro atoms. The van der Waals surface area contributed by atoms with Crippen LogP contribution in [0.25, 0.3) is 0 Å². The average molecular weight is 314 g/mol. The number of likely N-dealkylation sites (tertiary alicyclic amines) is 1. The Morgan fingerprint density at radius 1 is 1.35 bits per heavy atom. The number of benzene rings is 1. The van der Waals surface area contributed by atoms with Crippen LogP contribution in [0.15, 0.2) is 36.7 Å². The number of aromatic nitrogens is 3. The smallest absolute Gasteiger partial charge is 0.242 e. The van der Waals surface area contributed by atoms with Gasteiger partial charge in [-0.15, -0.1) is 10.2 Å². The summed E-state index contributed by atoms with van der Waals surface area (Å²) in [4.78, 5) is 14.5. The Kier molecular flexibility index (Phi) is 4.71. The molecule has 0 aliphatic carbocycles. The fourth-order valence-electron chi connectivity index (χ4n) is 3.09. The van der Waals surface area contributed by atoms with Crippen molar-refractivity contribution < 1.29 is 9.90 Å². The predicted molar refractivity (Wildman–Crippen MR) is 85.6 cm³/mol. The van der Waals surface area contributed by atoms with E-state index in [2.05, 4.69) is 17.1 Å². The SMILES string of the molecule is C[C@H]1CCCCN1C(=O)Cn1cnnc1[C@H](O)c1ccccc1. The van der Waals surface area contributed by atoms with Gasteiger partial charge in [-0.3, -0.25) is 4.79 Å². The van der Waals surface area contributed by atoms with Crippen LogP contribution < -0.4 is 0 Å². The quantitative estimate of drug-likeness (QED) is 0.933. The summed E-state index contributed by atoms with van der Waals surface area (Å²) in [6, 6.07) is 9.55. The van der Waals surface area contributed by atoms with E-state index in [1.807, 2.05) is 35.2 Å². The molecule has 1 aliphatic heterocycles. The standard InChI is InChI=1S/C17H22N4O2/c1-13-7-5-6-10-21(13)15(22)11-20-12-18-19-17(20)16(23)14-8-3-2-4-9-14/h2-4,8-9,12-13,16,23H,5-7,10-11H2,1H3/t13-,16+/m0/s1. The van der Waals surface area contributed by atoms with Gasteiger partial charge in [0.1, 0.15) is 19.0 Å². The molecule has 1 aromatic heterocycles. The van der Waals surface area contributed by atoms with E-state index >= 15 is 0 Å². The van der Waals surface area contributed by atoms with Gasteiger partial charge in [-0.25, -0.2) is 0 Å². The van der Waals surface area contributed by atoms with Crippen molar-refractivity contribution in [1.82, 2.24) is 19.7 Å². The highest BCUT2D eigenvalue weighted by Crippen LogP contribution is 2.21. The number of carbonyl (C=O) groups excluding carboxylic acids is 1. The Bertz CT molecular complexity index is 656. The van der Waals surface area contributed by atoms with Crippen LogP contribution in [-0.2, 0) is 11.3 Å². The third kappa shape index (κ3) is 3.42. The molecule has 1 saturated heterocycles. The van der Waals surface area contributed by atoms with Gasteiger partial charge in [0.25, 0.3) is 0 Å². The minimum atomic E-state index is -0.884. The van der Waals surface area contributed by atoms with Gasteiger partial charge in [0.15, 0.2) is 5.82 Å². The van der Waals surface area contributed by atoms with Crippen molar-refractivity contribution in [2.75, 3.05) is 6.54 Å². The molecular formula is C17H22N4O2. The maximum atomic E-state index is 12.6. The van der Waals surface area contributed by atoms with Crippen molar-refractivity contribution in [3.05, 3.63) is 48.0 Å². The van der Waals surface area contributed by atoms with E-state index in [0.717, 1.165) is 24.9 Å². The molecule has 2 atom stereocenters. The van der Waals surface area contributed by atoms with Gasteiger partial charge in [-0.05, 0) is 31.7 Å². The summed E-state index contributed by atoms with van der Waals surface area (Å²) in [5.41, 5.74) is 0.737. The molecule has 0 radical (unpaired) electrons. The molecule has 6 heteroatoms. The van der Waals surface area contributed by atoms with E-state index in [-0.39, 0.29) is 18.5 Å². The van der Waals surface area contributed by atoms with Gasteiger partial charge in [0.2, 0.25) is 5.91 Å². The number of hydrogen-bond acceptors (Lipinski definition) is 4. The van der Waals surface area contributed by atoms with E-state index in [4.69, 9.17) is 0 Å². The van der Waals surface area contributed by atoms with Gasteiger partial charge in [-0.1, -0.05) is 30.3 Å². The Labute approximate surface area is 135 Å². The topological polar surface area (TPSA) is 71.2 Å². The van der Waals surface area contributed by atoms with Crippen LogP contribution in [0.3, 0.4) is 0 Å². The first kappa shape index (κ1) is 15.7. The second-order valence-electron chi connectivity index (χ2n) is 6.06. The lowest BCUT2D eigenvalue weighted by atomic mass is 10.0. The van der Waals surface area contributed by atoms with Crippen LogP contribution >= 0.6 is 0 Å². The van der Waals surface area contributed by atoms with Crippen molar-refractivity contribution in [1.29, 1.82) is 0 Å². The summed E-state index contributed by atoms with van der Waals surface area (Å²) in [6.45, 7) is 3.05. The van der Waals surface area contributed by atoms with Crippen LogP contribution in [0.2, 0.25) is 0 Å². The van der Waals surface area contributed by atoms with E-state index < -0.39 is 6.10 Å². The fourth-order valence-corrected chi connectivity index (χ4v) is 3.09. The predicted octanol–water partition coefficient (Wildman–Crippen LogP) is 1.76. The first-order chi connectivity index (χ1) is 11.2. The number of amides is 1. The summed E-state index contributed by atoms with van der Waals surface area (Å²) < 4.78 is 1.64. The molecule has 23 heavy (non-hydrogen) atoms. The highest BCUT2D eigenvalue weighted by atomic mass is 16.3. The number of nitrogens with zero attached hydrogens (tertiary/aromatic N) is 4. The summed E-state index contributed by atoms with van der Waals surface area (Å²) in [7, 11) is 0. The molecule has 1 aliphatic rings. The molecule has 0 bridgehead atoms. The monoisotopic (exact) mass is 314 g/mol. The zero-order valence-electron chi connectivity index (χ0n) is 13.3. The molecular weight excluding hydrogens is 292 g/mol. The van der Waals surface area contributed by atoms with Crippen molar-refractivity contribution in [2.45, 2.75) is 44.9 Å². The molecule has 122 valence electrons. The third-order valence-corrected chi connectivity index (χ3v) is 4.43. The van der Waals surface area contributed by atoms with Crippen LogP contribution in [-0.4, -0.2) is 43.3 Å². The van der Waals surface area contributed by atoms with Crippen LogP contribution in [0, 0.1) is 0 Å². The molecule has 1 aromatic carbocycles. The molecule has 0 saturated carbocycles. The van der Waals surface area contributed by atoms with Gasteiger partial charge < -0.3 is 14.6 Å². The highest BCUT2D eigenvalue weighted by molar-refractivity contribution is 5.76. The largest absolute Gasteiger partial charge is 0.380 e. The lowest BCUT2D eigenvalue weighted by Gasteiger charge is -2.33. The lowest BCUT2D eigenvalue weighted by molar-refractivity contribution is -0.135. The molecule has 3 rings (SSSR count). The minimum absolute atomic E-state index is 0.0542. The van der Waals surface area contributed by atoms with Crippen LogP contribution in [0.5, 0.6) is 0 Å². The second kappa shape index (κ2) is 6.91. The zero-order valence-corrected chi connectivity index (χ0v) is 13.3. The second-order valence-corrected chi connectivity index (χ2v) is 6.06. The number of aliphatic hydroxyl groups excluding tert-OH is 1. The number of piperidine rings is 1. The van der Waals surface area contributed by atoms with Gasteiger partial charge in [0, 0.05) is 12.6 Å². The van der Waals surface area contributed by atoms with Crippen LogP contribution in [0.1, 0.15) is 43.7 Å². The van der Waals surface area contributed by atoms with E-state index in [9.17, 15) is 9.90 Å². The van der Waals surface area contributed by atoms with Crippen molar-refractivity contribution in [3.63, 3.8) is 0 Å². The number of aliphatic hydroxyl groups is 1. The minimum Gasteiger partial charge on any atom is -0.380 e. The summed E-state index contributed by atoms with van der Waals surface area (Å²) in [6.07, 6.45) is 3.90. The van der Waals surface area contributed by atoms with E-state index in [0.29, 0.717) is 5.82 Å². The van der Waals surface area contributed by atoms with E-state index in [1.165, 1.54) is 12.7 Å². The summed E-state index contributed by atoms with van der Waals surface area (Å²) in [5, 5.41) is 18.4. The Balaban J connectivity index is 1.75. The Morgan fingerprint density at radius 3 is 2.87 bits per heavy atom. The fraction of sp³-hybridized carbons (Fsp3) is 0.471. The van der Waals surface area contributed by atoms with Crippen molar-refractivity contribution >= 4 is 5.91 Å². The molecule has 1 amide bonds. The molecule has 1 N–H and O–H groups in total. The molecule has 6 nitrogen and oxygen atoms in total. The molecule has 2 aromatic rings. The molecule has 1 fully saturated rings. The number of hydrogen-bond donors (Lipinski definition) is 1. The first-order valence-electron chi connectivity index (χ1n) is 8.07. The molecule has 2 heterocycles. The van der Waals surface area contributed by atoms with Crippen LogP contribution in [0.4, 0.5) is 0 Å². The Morgan fingerprint density at radius 2 is 2.13 bits per heavy atom. The maximum Gasteiger partial charge on any atom is 0.242 e. The van der Waals surface area contributed by atoms with Gasteiger partial charge in [0.05, 0.1) is 0 Å².